The predicted octanol–water partition coefficient (Wildman–Crippen LogP) is -5.29. The van der Waals surface area contributed by atoms with Gasteiger partial charge in [-0.1, -0.05) is 0 Å². The second kappa shape index (κ2) is 4.64. The van der Waals surface area contributed by atoms with Gasteiger partial charge in [-0.2, -0.15) is 0 Å². The Bertz CT molecular complexity index is 206. The number of carboxylic acids is 1. The van der Waals surface area contributed by atoms with Crippen molar-refractivity contribution in [2.24, 2.45) is 0 Å². The molecule has 8 nitrogen and oxygen atoms in total. The van der Waals surface area contributed by atoms with Gasteiger partial charge in [0, 0.05) is 0 Å². The lowest BCUT2D eigenvalue weighted by Crippen LogP contribution is -2.62. The van der Waals surface area contributed by atoms with Crippen molar-refractivity contribution in [2.45, 2.75) is 30.7 Å². The van der Waals surface area contributed by atoms with Crippen molar-refractivity contribution in [1.82, 2.24) is 0 Å². The standard InChI is InChI=1S/C6H10O7.H2O/c7-1-2(8)4(5(10)11)13-6(12)3(1)9;/h1-4,6-9,12H,(H,10,11);1H2/p-1/t1-,2+,3+,4-,6?;/m0./s1. The third-order valence-electron chi connectivity index (χ3n) is 1.82. The monoisotopic (exact) mass is 211 g/mol. The lowest BCUT2D eigenvalue weighted by atomic mass is 9.99. The Morgan fingerprint density at radius 3 is 2.00 bits per heavy atom. The molecule has 14 heavy (non-hydrogen) atoms. The molecule has 1 rings (SSSR count). The van der Waals surface area contributed by atoms with Crippen LogP contribution in [0.4, 0.5) is 0 Å². The zero-order valence-electron chi connectivity index (χ0n) is 6.90. The molecule has 0 saturated carbocycles. The smallest absolute Gasteiger partial charge is 0.184 e. The number of rotatable bonds is 1. The molecule has 1 aliphatic rings. The maximum Gasteiger partial charge on any atom is 0.184 e. The maximum atomic E-state index is 10.3. The number of carbonyl (C=O) groups is 1. The Morgan fingerprint density at radius 2 is 1.57 bits per heavy atom. The highest BCUT2D eigenvalue weighted by Crippen LogP contribution is 2.19. The lowest BCUT2D eigenvalue weighted by molar-refractivity contribution is -0.345. The molecular formula is C6H11O8-. The van der Waals surface area contributed by atoms with Gasteiger partial charge >= 0.3 is 0 Å². The van der Waals surface area contributed by atoms with E-state index in [1.165, 1.54) is 0 Å². The molecule has 0 aromatic heterocycles. The molecule has 0 radical (unpaired) electrons. The van der Waals surface area contributed by atoms with E-state index in [1.54, 1.807) is 0 Å². The van der Waals surface area contributed by atoms with E-state index in [0.717, 1.165) is 0 Å². The molecule has 1 saturated heterocycles. The number of aliphatic carboxylic acids is 1. The predicted molar refractivity (Wildman–Crippen MR) is 37.5 cm³/mol. The number of aliphatic hydroxyl groups is 4. The van der Waals surface area contributed by atoms with E-state index in [9.17, 15) is 9.90 Å². The van der Waals surface area contributed by atoms with E-state index in [-0.39, 0.29) is 5.48 Å². The van der Waals surface area contributed by atoms with Gasteiger partial charge in [0.2, 0.25) is 0 Å². The van der Waals surface area contributed by atoms with Crippen LogP contribution in [0.2, 0.25) is 0 Å². The van der Waals surface area contributed by atoms with Crippen LogP contribution in [0.5, 0.6) is 0 Å². The topological polar surface area (TPSA) is 162 Å². The van der Waals surface area contributed by atoms with Crippen LogP contribution in [0.1, 0.15) is 0 Å². The summed E-state index contributed by atoms with van der Waals surface area (Å²) in [5, 5.41) is 46.1. The van der Waals surface area contributed by atoms with Crippen LogP contribution in [0.3, 0.4) is 0 Å². The highest BCUT2D eigenvalue weighted by molar-refractivity contribution is 5.71. The molecule has 1 unspecified atom stereocenters. The summed E-state index contributed by atoms with van der Waals surface area (Å²) < 4.78 is 4.28. The van der Waals surface area contributed by atoms with Crippen LogP contribution >= 0.6 is 0 Å². The van der Waals surface area contributed by atoms with E-state index >= 15 is 0 Å². The van der Waals surface area contributed by atoms with Crippen molar-refractivity contribution in [3.05, 3.63) is 0 Å². The molecule has 0 aromatic rings. The molecular weight excluding hydrogens is 200 g/mol. The van der Waals surface area contributed by atoms with Crippen LogP contribution < -0.4 is 5.11 Å². The van der Waals surface area contributed by atoms with Gasteiger partial charge in [0.25, 0.3) is 0 Å². The second-order valence-electron chi connectivity index (χ2n) is 2.74. The van der Waals surface area contributed by atoms with Gasteiger partial charge in [0.1, 0.15) is 24.4 Å². The second-order valence-corrected chi connectivity index (χ2v) is 2.74. The first-order valence-corrected chi connectivity index (χ1v) is 3.53. The summed E-state index contributed by atoms with van der Waals surface area (Å²) >= 11 is 0. The minimum atomic E-state index is -1.85. The molecule has 1 fully saturated rings. The van der Waals surface area contributed by atoms with Crippen LogP contribution in [0.15, 0.2) is 0 Å². The highest BCUT2D eigenvalue weighted by Gasteiger charge is 2.43. The summed E-state index contributed by atoms with van der Waals surface area (Å²) in [6, 6.07) is 0. The van der Waals surface area contributed by atoms with E-state index in [2.05, 4.69) is 4.74 Å². The molecule has 0 aromatic carbocycles. The molecule has 1 aliphatic heterocycles. The Kier molecular flexibility index (Phi) is 4.39. The lowest BCUT2D eigenvalue weighted by Gasteiger charge is -2.38. The van der Waals surface area contributed by atoms with Crippen molar-refractivity contribution in [2.75, 3.05) is 0 Å². The summed E-state index contributed by atoms with van der Waals surface area (Å²) in [7, 11) is 0. The van der Waals surface area contributed by atoms with Gasteiger partial charge in [0.15, 0.2) is 6.29 Å². The Morgan fingerprint density at radius 1 is 1.07 bits per heavy atom. The number of hydrogen-bond acceptors (Lipinski definition) is 7. The van der Waals surface area contributed by atoms with Gasteiger partial charge in [-0.05, 0) is 0 Å². The molecule has 5 atom stereocenters. The van der Waals surface area contributed by atoms with Crippen molar-refractivity contribution in [3.8, 4) is 0 Å². The molecule has 0 spiro atoms. The van der Waals surface area contributed by atoms with Crippen molar-refractivity contribution < 1.29 is 40.5 Å². The van der Waals surface area contributed by atoms with Gasteiger partial charge in [0.05, 0.1) is 5.97 Å². The summed E-state index contributed by atoms with van der Waals surface area (Å²) in [5.74, 6) is -1.77. The van der Waals surface area contributed by atoms with E-state index in [1.807, 2.05) is 0 Å². The largest absolute Gasteiger partial charge is 0.547 e. The summed E-state index contributed by atoms with van der Waals surface area (Å²) in [4.78, 5) is 10.3. The molecule has 6 N–H and O–H groups in total. The van der Waals surface area contributed by atoms with Gasteiger partial charge in [-0.15, -0.1) is 0 Å². The molecule has 1 heterocycles. The number of carboxylic acid groups (broad SMARTS) is 1. The number of aliphatic hydroxyl groups excluding tert-OH is 4. The zero-order valence-corrected chi connectivity index (χ0v) is 6.90. The third kappa shape index (κ3) is 2.18. The van der Waals surface area contributed by atoms with E-state index < -0.39 is 36.7 Å². The summed E-state index contributed by atoms with van der Waals surface area (Å²) in [6.07, 6.45) is -9.00. The Balaban J connectivity index is 0.00000169. The van der Waals surface area contributed by atoms with Crippen LogP contribution in [-0.2, 0) is 9.53 Å². The maximum absolute atomic E-state index is 10.3. The normalized spacial score (nSPS) is 42.7. The molecule has 84 valence electrons. The molecule has 0 bridgehead atoms. The van der Waals surface area contributed by atoms with Crippen LogP contribution in [-0.4, -0.2) is 62.6 Å². The SMILES string of the molecule is O.O=C([O-])[C@H]1OC(O)[C@H](O)[C@@H](O)[C@H]1O. The van der Waals surface area contributed by atoms with Gasteiger partial charge in [-0.3, -0.25) is 0 Å². The van der Waals surface area contributed by atoms with Crippen LogP contribution in [0, 0.1) is 0 Å². The van der Waals surface area contributed by atoms with E-state index in [4.69, 9.17) is 20.4 Å². The Labute approximate surface area is 78.3 Å². The fourth-order valence-corrected chi connectivity index (χ4v) is 1.06. The van der Waals surface area contributed by atoms with Crippen molar-refractivity contribution in [3.63, 3.8) is 0 Å². The third-order valence-corrected chi connectivity index (χ3v) is 1.82. The number of ether oxygens (including phenoxy) is 1. The summed E-state index contributed by atoms with van der Waals surface area (Å²) in [6.45, 7) is 0. The summed E-state index contributed by atoms with van der Waals surface area (Å²) in [5.41, 5.74) is 0. The van der Waals surface area contributed by atoms with Gasteiger partial charge < -0.3 is 40.5 Å². The fourth-order valence-electron chi connectivity index (χ4n) is 1.06. The van der Waals surface area contributed by atoms with Gasteiger partial charge in [-0.25, -0.2) is 0 Å². The minimum absolute atomic E-state index is 0. The highest BCUT2D eigenvalue weighted by atomic mass is 16.6. The number of carbonyl (C=O) groups excluding carboxylic acids is 1. The Hall–Kier alpha value is -0.770. The number of hydrogen-bond donors (Lipinski definition) is 4. The quantitative estimate of drug-likeness (QED) is 0.336. The average molecular weight is 211 g/mol. The fraction of sp³-hybridized carbons (Fsp3) is 0.833. The molecule has 0 amide bonds. The van der Waals surface area contributed by atoms with Crippen LogP contribution in [0.25, 0.3) is 0 Å². The average Bonchev–Trinajstić information content (AvgIpc) is 2.07. The first-order chi connectivity index (χ1) is 5.95. The van der Waals surface area contributed by atoms with Crippen molar-refractivity contribution in [1.29, 1.82) is 0 Å². The first kappa shape index (κ1) is 13.2. The zero-order chi connectivity index (χ0) is 10.2. The van der Waals surface area contributed by atoms with Crippen molar-refractivity contribution >= 4 is 5.97 Å². The van der Waals surface area contributed by atoms with E-state index in [0.29, 0.717) is 0 Å². The first-order valence-electron chi connectivity index (χ1n) is 3.53. The minimum Gasteiger partial charge on any atom is -0.547 e. The molecule has 8 heteroatoms. The molecule has 0 aliphatic carbocycles.